The number of rotatable bonds is 12. The Kier molecular flexibility index (Phi) is 13.0. The molecule has 0 N–H and O–H groups in total. The van der Waals surface area contributed by atoms with Gasteiger partial charge in [-0.1, -0.05) is 65.7 Å². The monoisotopic (exact) mass is 228 g/mol. The highest BCUT2D eigenvalue weighted by atomic mass is 16.5. The zero-order valence-electron chi connectivity index (χ0n) is 11.8. The molecule has 0 aliphatic carbocycles. The van der Waals surface area contributed by atoms with Crippen molar-refractivity contribution in [3.05, 3.63) is 0 Å². The average molecular weight is 228 g/mol. The van der Waals surface area contributed by atoms with Gasteiger partial charge in [0.05, 0.1) is 0 Å². The first-order valence-corrected chi connectivity index (χ1v) is 7.35. The molecule has 0 aromatic carbocycles. The fourth-order valence-electron chi connectivity index (χ4n) is 1.76. The fraction of sp³-hybridized carbons (Fsp3) is 1.00. The summed E-state index contributed by atoms with van der Waals surface area (Å²) in [5.74, 6) is 0.776. The summed E-state index contributed by atoms with van der Waals surface area (Å²) in [6, 6.07) is 0. The average Bonchev–Trinajstić information content (AvgIpc) is 2.25. The van der Waals surface area contributed by atoms with E-state index in [0.29, 0.717) is 0 Å². The summed E-state index contributed by atoms with van der Waals surface area (Å²) in [6.07, 6.45) is 12.3. The van der Waals surface area contributed by atoms with E-state index in [1.165, 1.54) is 57.8 Å². The van der Waals surface area contributed by atoms with Crippen LogP contribution in [0, 0.1) is 5.92 Å². The normalized spacial score (nSPS) is 11.2. The minimum absolute atomic E-state index is 0.776. The van der Waals surface area contributed by atoms with E-state index in [1.54, 1.807) is 0 Å². The smallest absolute Gasteiger partial charge is 0.0468 e. The van der Waals surface area contributed by atoms with E-state index in [0.717, 1.165) is 19.1 Å². The van der Waals surface area contributed by atoms with Gasteiger partial charge in [-0.25, -0.2) is 0 Å². The SMILES string of the molecule is CCCCCCCCCCOCCC(C)C. The maximum atomic E-state index is 5.59. The second kappa shape index (κ2) is 13.0. The van der Waals surface area contributed by atoms with E-state index in [1.807, 2.05) is 0 Å². The molecule has 0 amide bonds. The Morgan fingerprint density at radius 2 is 1.31 bits per heavy atom. The minimum Gasteiger partial charge on any atom is -0.381 e. The molecule has 0 aromatic rings. The molecule has 0 fully saturated rings. The topological polar surface area (TPSA) is 9.23 Å². The van der Waals surface area contributed by atoms with Crippen molar-refractivity contribution in [3.63, 3.8) is 0 Å². The van der Waals surface area contributed by atoms with Crippen LogP contribution in [0.4, 0.5) is 0 Å². The van der Waals surface area contributed by atoms with Gasteiger partial charge in [-0.15, -0.1) is 0 Å². The van der Waals surface area contributed by atoms with Crippen molar-refractivity contribution in [2.45, 2.75) is 78.6 Å². The molecule has 0 atom stereocenters. The first kappa shape index (κ1) is 16.0. The number of ether oxygens (including phenoxy) is 1. The Bertz CT molecular complexity index is 121. The van der Waals surface area contributed by atoms with E-state index in [2.05, 4.69) is 20.8 Å². The lowest BCUT2D eigenvalue weighted by atomic mass is 10.1. The quantitative estimate of drug-likeness (QED) is 0.418. The lowest BCUT2D eigenvalue weighted by molar-refractivity contribution is 0.119. The van der Waals surface area contributed by atoms with Gasteiger partial charge in [0.2, 0.25) is 0 Å². The van der Waals surface area contributed by atoms with Crippen LogP contribution in [0.3, 0.4) is 0 Å². The molecule has 1 heteroatoms. The van der Waals surface area contributed by atoms with Crippen LogP contribution in [-0.2, 0) is 4.74 Å². The Labute approximate surface area is 103 Å². The van der Waals surface area contributed by atoms with Gasteiger partial charge in [0.25, 0.3) is 0 Å². The van der Waals surface area contributed by atoms with Crippen LogP contribution in [-0.4, -0.2) is 13.2 Å². The Morgan fingerprint density at radius 3 is 1.88 bits per heavy atom. The van der Waals surface area contributed by atoms with Crippen LogP contribution < -0.4 is 0 Å². The van der Waals surface area contributed by atoms with Crippen molar-refractivity contribution >= 4 is 0 Å². The molecule has 0 aliphatic rings. The third kappa shape index (κ3) is 14.0. The predicted octanol–water partition coefficient (Wildman–Crippen LogP) is 5.19. The molecule has 0 radical (unpaired) electrons. The van der Waals surface area contributed by atoms with Crippen LogP contribution in [0.25, 0.3) is 0 Å². The highest BCUT2D eigenvalue weighted by molar-refractivity contribution is 4.46. The van der Waals surface area contributed by atoms with Gasteiger partial charge in [-0.3, -0.25) is 0 Å². The summed E-state index contributed by atoms with van der Waals surface area (Å²) in [6.45, 7) is 8.70. The minimum atomic E-state index is 0.776. The molecule has 0 spiro atoms. The predicted molar refractivity (Wildman–Crippen MR) is 72.9 cm³/mol. The van der Waals surface area contributed by atoms with Crippen molar-refractivity contribution in [2.24, 2.45) is 5.92 Å². The van der Waals surface area contributed by atoms with E-state index in [9.17, 15) is 0 Å². The molecule has 0 aliphatic heterocycles. The molecule has 0 rings (SSSR count). The van der Waals surface area contributed by atoms with Gasteiger partial charge < -0.3 is 4.74 Å². The summed E-state index contributed by atoms with van der Waals surface area (Å²) >= 11 is 0. The molecule has 98 valence electrons. The summed E-state index contributed by atoms with van der Waals surface area (Å²) in [5, 5.41) is 0. The highest BCUT2D eigenvalue weighted by Gasteiger charge is 1.94. The standard InChI is InChI=1S/C15H32O/c1-4-5-6-7-8-9-10-11-13-16-14-12-15(2)3/h15H,4-14H2,1-3H3. The van der Waals surface area contributed by atoms with Crippen molar-refractivity contribution in [3.8, 4) is 0 Å². The van der Waals surface area contributed by atoms with Crippen LogP contribution in [0.1, 0.15) is 78.6 Å². The largest absolute Gasteiger partial charge is 0.381 e. The zero-order chi connectivity index (χ0) is 12.1. The Balaban J connectivity index is 2.88. The molecule has 0 saturated heterocycles. The van der Waals surface area contributed by atoms with Gasteiger partial charge in [-0.2, -0.15) is 0 Å². The van der Waals surface area contributed by atoms with E-state index in [4.69, 9.17) is 4.74 Å². The second-order valence-corrected chi connectivity index (χ2v) is 5.27. The lowest BCUT2D eigenvalue weighted by Gasteiger charge is -2.06. The van der Waals surface area contributed by atoms with Crippen LogP contribution in [0.2, 0.25) is 0 Å². The second-order valence-electron chi connectivity index (χ2n) is 5.27. The van der Waals surface area contributed by atoms with Crippen LogP contribution in [0.15, 0.2) is 0 Å². The van der Waals surface area contributed by atoms with Crippen LogP contribution >= 0.6 is 0 Å². The lowest BCUT2D eigenvalue weighted by Crippen LogP contribution is -2.00. The van der Waals surface area contributed by atoms with Crippen LogP contribution in [0.5, 0.6) is 0 Å². The third-order valence-electron chi connectivity index (χ3n) is 2.98. The summed E-state index contributed by atoms with van der Waals surface area (Å²) in [4.78, 5) is 0. The highest BCUT2D eigenvalue weighted by Crippen LogP contribution is 2.08. The van der Waals surface area contributed by atoms with Gasteiger partial charge >= 0.3 is 0 Å². The molecule has 0 unspecified atom stereocenters. The summed E-state index contributed by atoms with van der Waals surface area (Å²) in [7, 11) is 0. The Hall–Kier alpha value is -0.0400. The fourth-order valence-corrected chi connectivity index (χ4v) is 1.76. The van der Waals surface area contributed by atoms with Crippen molar-refractivity contribution in [2.75, 3.05) is 13.2 Å². The first-order valence-electron chi connectivity index (χ1n) is 7.35. The summed E-state index contributed by atoms with van der Waals surface area (Å²) < 4.78 is 5.59. The molecular formula is C15H32O. The van der Waals surface area contributed by atoms with E-state index < -0.39 is 0 Å². The maximum absolute atomic E-state index is 5.59. The molecule has 0 heterocycles. The zero-order valence-corrected chi connectivity index (χ0v) is 11.8. The number of unbranched alkanes of at least 4 members (excludes halogenated alkanes) is 7. The van der Waals surface area contributed by atoms with Gasteiger partial charge in [0, 0.05) is 13.2 Å². The number of hydrogen-bond donors (Lipinski definition) is 0. The first-order chi connectivity index (χ1) is 7.77. The third-order valence-corrected chi connectivity index (χ3v) is 2.98. The number of hydrogen-bond acceptors (Lipinski definition) is 1. The van der Waals surface area contributed by atoms with Crippen molar-refractivity contribution in [1.82, 2.24) is 0 Å². The van der Waals surface area contributed by atoms with Crippen molar-refractivity contribution in [1.29, 1.82) is 0 Å². The molecule has 16 heavy (non-hydrogen) atoms. The molecule has 0 saturated carbocycles. The van der Waals surface area contributed by atoms with Gasteiger partial charge in [-0.05, 0) is 18.8 Å². The molecule has 0 aromatic heterocycles. The van der Waals surface area contributed by atoms with Gasteiger partial charge in [0.1, 0.15) is 0 Å². The van der Waals surface area contributed by atoms with E-state index in [-0.39, 0.29) is 0 Å². The molecule has 1 nitrogen and oxygen atoms in total. The van der Waals surface area contributed by atoms with Gasteiger partial charge in [0.15, 0.2) is 0 Å². The summed E-state index contributed by atoms with van der Waals surface area (Å²) in [5.41, 5.74) is 0. The maximum Gasteiger partial charge on any atom is 0.0468 e. The molecular weight excluding hydrogens is 196 g/mol. The van der Waals surface area contributed by atoms with E-state index >= 15 is 0 Å². The Morgan fingerprint density at radius 1 is 0.750 bits per heavy atom. The van der Waals surface area contributed by atoms with Crippen molar-refractivity contribution < 1.29 is 4.74 Å². The molecule has 0 bridgehead atoms.